The quantitative estimate of drug-likeness (QED) is 0.897. The Bertz CT molecular complexity index is 460. The molecule has 21 heavy (non-hydrogen) atoms. The van der Waals surface area contributed by atoms with Crippen molar-refractivity contribution in [3.05, 3.63) is 23.9 Å². The van der Waals surface area contributed by atoms with Gasteiger partial charge in [0.1, 0.15) is 5.82 Å². The van der Waals surface area contributed by atoms with Crippen LogP contribution in [-0.2, 0) is 0 Å². The van der Waals surface area contributed by atoms with E-state index in [1.54, 1.807) is 6.20 Å². The molecule has 1 amide bonds. The number of carbonyl (C=O) groups excluding carboxylic acids is 1. The summed E-state index contributed by atoms with van der Waals surface area (Å²) in [5.41, 5.74) is 0.681. The highest BCUT2D eigenvalue weighted by Gasteiger charge is 2.24. The number of rotatable bonds is 5. The van der Waals surface area contributed by atoms with Crippen molar-refractivity contribution in [2.75, 3.05) is 37.6 Å². The van der Waals surface area contributed by atoms with Crippen molar-refractivity contribution in [3.63, 3.8) is 0 Å². The zero-order valence-electron chi connectivity index (χ0n) is 13.3. The van der Waals surface area contributed by atoms with E-state index in [1.165, 1.54) is 0 Å². The van der Waals surface area contributed by atoms with Gasteiger partial charge in [0.05, 0.1) is 5.56 Å². The van der Waals surface area contributed by atoms with Gasteiger partial charge in [-0.15, -0.1) is 0 Å². The molecule has 1 atom stereocenters. The smallest absolute Gasteiger partial charge is 0.255 e. The number of carbonyl (C=O) groups is 1. The van der Waals surface area contributed by atoms with E-state index < -0.39 is 0 Å². The lowest BCUT2D eigenvalue weighted by molar-refractivity contribution is 0.0655. The summed E-state index contributed by atoms with van der Waals surface area (Å²) >= 11 is 0. The number of anilines is 1. The first kappa shape index (κ1) is 15.8. The van der Waals surface area contributed by atoms with Crippen LogP contribution in [0.15, 0.2) is 18.3 Å². The molecule has 0 unspecified atom stereocenters. The first-order valence-corrected chi connectivity index (χ1v) is 7.90. The van der Waals surface area contributed by atoms with Crippen molar-refractivity contribution >= 4 is 11.7 Å². The molecule has 1 aliphatic rings. The number of piperazine rings is 1. The third-order valence-electron chi connectivity index (χ3n) is 3.96. The molecule has 1 aromatic heterocycles. The molecule has 0 spiro atoms. The molecule has 1 fully saturated rings. The number of pyridine rings is 1. The predicted octanol–water partition coefficient (Wildman–Crippen LogP) is 1.75. The van der Waals surface area contributed by atoms with Gasteiger partial charge in [-0.25, -0.2) is 4.98 Å². The van der Waals surface area contributed by atoms with Gasteiger partial charge in [-0.3, -0.25) is 4.79 Å². The molecule has 1 saturated heterocycles. The monoisotopic (exact) mass is 290 g/mol. The first-order valence-electron chi connectivity index (χ1n) is 7.90. The van der Waals surface area contributed by atoms with Gasteiger partial charge in [0.15, 0.2) is 0 Å². The Labute approximate surface area is 127 Å². The fourth-order valence-electron chi connectivity index (χ4n) is 2.71. The van der Waals surface area contributed by atoms with Gasteiger partial charge in [-0.1, -0.05) is 6.92 Å². The maximum atomic E-state index is 12.5. The Balaban J connectivity index is 2.09. The second-order valence-corrected chi connectivity index (χ2v) is 5.54. The fraction of sp³-hybridized carbons (Fsp3) is 0.625. The highest BCUT2D eigenvalue weighted by Crippen LogP contribution is 2.14. The molecule has 0 aliphatic carbocycles. The lowest BCUT2D eigenvalue weighted by Gasteiger charge is -2.34. The Morgan fingerprint density at radius 3 is 2.86 bits per heavy atom. The van der Waals surface area contributed by atoms with Crippen LogP contribution in [0, 0.1) is 0 Å². The molecule has 1 aromatic rings. The molecule has 1 N–H and O–H groups in total. The summed E-state index contributed by atoms with van der Waals surface area (Å²) in [6.45, 7) is 10.8. The number of aromatic nitrogens is 1. The first-order chi connectivity index (χ1) is 10.2. The summed E-state index contributed by atoms with van der Waals surface area (Å²) in [5.74, 6) is 1.03. The maximum absolute atomic E-state index is 12.5. The molecule has 0 bridgehead atoms. The van der Waals surface area contributed by atoms with Gasteiger partial charge in [0.25, 0.3) is 5.91 Å². The van der Waals surface area contributed by atoms with E-state index in [1.807, 2.05) is 17.0 Å². The largest absolute Gasteiger partial charge is 0.357 e. The molecular weight excluding hydrogens is 264 g/mol. The predicted molar refractivity (Wildman–Crippen MR) is 85.8 cm³/mol. The zero-order valence-corrected chi connectivity index (χ0v) is 13.3. The Morgan fingerprint density at radius 2 is 2.29 bits per heavy atom. The average molecular weight is 290 g/mol. The van der Waals surface area contributed by atoms with Crippen LogP contribution in [0.4, 0.5) is 5.82 Å². The molecule has 5 heteroatoms. The number of amides is 1. The molecule has 0 radical (unpaired) electrons. The van der Waals surface area contributed by atoms with Crippen molar-refractivity contribution in [1.29, 1.82) is 0 Å². The van der Waals surface area contributed by atoms with Crippen LogP contribution in [0.5, 0.6) is 0 Å². The minimum Gasteiger partial charge on any atom is -0.357 e. The lowest BCUT2D eigenvalue weighted by Crippen LogP contribution is -2.52. The van der Waals surface area contributed by atoms with Gasteiger partial charge in [0, 0.05) is 45.0 Å². The summed E-state index contributed by atoms with van der Waals surface area (Å²) < 4.78 is 0. The van der Waals surface area contributed by atoms with Crippen LogP contribution in [0.2, 0.25) is 0 Å². The number of nitrogens with one attached hydrogen (secondary N) is 1. The lowest BCUT2D eigenvalue weighted by atomic mass is 10.1. The van der Waals surface area contributed by atoms with Gasteiger partial charge in [-0.05, 0) is 32.4 Å². The molecule has 2 heterocycles. The molecule has 116 valence electrons. The Morgan fingerprint density at radius 1 is 1.48 bits per heavy atom. The molecule has 5 nitrogen and oxygen atoms in total. The molecular formula is C16H26N4O. The van der Waals surface area contributed by atoms with Crippen molar-refractivity contribution in [2.24, 2.45) is 0 Å². The average Bonchev–Trinajstić information content (AvgIpc) is 2.52. The summed E-state index contributed by atoms with van der Waals surface area (Å²) in [6, 6.07) is 4.09. The summed E-state index contributed by atoms with van der Waals surface area (Å²) in [5, 5.41) is 3.30. The Hall–Kier alpha value is -1.62. The number of hydrogen-bond donors (Lipinski definition) is 1. The summed E-state index contributed by atoms with van der Waals surface area (Å²) in [6.07, 6.45) is 2.80. The number of hydrogen-bond acceptors (Lipinski definition) is 4. The highest BCUT2D eigenvalue weighted by atomic mass is 16.2. The van der Waals surface area contributed by atoms with Gasteiger partial charge in [0.2, 0.25) is 0 Å². The van der Waals surface area contributed by atoms with Crippen molar-refractivity contribution in [3.8, 4) is 0 Å². The third-order valence-corrected chi connectivity index (χ3v) is 3.96. The number of nitrogens with zero attached hydrogens (tertiary/aromatic N) is 3. The minimum absolute atomic E-state index is 0.0848. The van der Waals surface area contributed by atoms with E-state index in [4.69, 9.17) is 0 Å². The van der Waals surface area contributed by atoms with Crippen LogP contribution < -0.4 is 10.2 Å². The molecule has 1 aliphatic heterocycles. The molecule has 0 aromatic carbocycles. The van der Waals surface area contributed by atoms with Crippen LogP contribution in [0.3, 0.4) is 0 Å². The van der Waals surface area contributed by atoms with E-state index >= 15 is 0 Å². The van der Waals surface area contributed by atoms with Crippen LogP contribution >= 0.6 is 0 Å². The highest BCUT2D eigenvalue weighted by molar-refractivity contribution is 5.94. The topological polar surface area (TPSA) is 48.5 Å². The molecule has 2 rings (SSSR count). The van der Waals surface area contributed by atoms with E-state index in [9.17, 15) is 4.79 Å². The van der Waals surface area contributed by atoms with E-state index in [-0.39, 0.29) is 11.9 Å². The SMILES string of the molecule is CCCN(CC)c1ccc(C(=O)N2CCNC[C@@H]2C)cn1. The molecule has 0 saturated carbocycles. The van der Waals surface area contributed by atoms with Crippen molar-refractivity contribution < 1.29 is 4.79 Å². The van der Waals surface area contributed by atoms with Crippen LogP contribution in [0.25, 0.3) is 0 Å². The van der Waals surface area contributed by atoms with E-state index in [0.29, 0.717) is 5.56 Å². The van der Waals surface area contributed by atoms with Crippen molar-refractivity contribution in [1.82, 2.24) is 15.2 Å². The minimum atomic E-state index is 0.0848. The second kappa shape index (κ2) is 7.41. The van der Waals surface area contributed by atoms with Gasteiger partial charge in [-0.2, -0.15) is 0 Å². The van der Waals surface area contributed by atoms with Crippen molar-refractivity contribution in [2.45, 2.75) is 33.2 Å². The van der Waals surface area contributed by atoms with Crippen LogP contribution in [0.1, 0.15) is 37.6 Å². The summed E-state index contributed by atoms with van der Waals surface area (Å²) in [7, 11) is 0. The third kappa shape index (κ3) is 3.73. The fourth-order valence-corrected chi connectivity index (χ4v) is 2.71. The van der Waals surface area contributed by atoms with Gasteiger partial charge < -0.3 is 15.1 Å². The van der Waals surface area contributed by atoms with Gasteiger partial charge >= 0.3 is 0 Å². The van der Waals surface area contributed by atoms with E-state index in [2.05, 4.69) is 36.0 Å². The zero-order chi connectivity index (χ0) is 15.2. The second-order valence-electron chi connectivity index (χ2n) is 5.54. The normalized spacial score (nSPS) is 18.6. The maximum Gasteiger partial charge on any atom is 0.255 e. The van der Waals surface area contributed by atoms with E-state index in [0.717, 1.165) is 45.0 Å². The standard InChI is InChI=1S/C16H26N4O/c1-4-9-19(5-2)15-7-6-14(12-18-15)16(21)20-10-8-17-11-13(20)3/h6-7,12-13,17H,4-5,8-11H2,1-3H3/t13-/m0/s1. The van der Waals surface area contributed by atoms with Crippen LogP contribution in [-0.4, -0.2) is 54.6 Å². The Kier molecular flexibility index (Phi) is 5.56. The summed E-state index contributed by atoms with van der Waals surface area (Å²) in [4.78, 5) is 21.2.